The first-order chi connectivity index (χ1) is 10.0. The van der Waals surface area contributed by atoms with Gasteiger partial charge in [-0.15, -0.1) is 0 Å². The summed E-state index contributed by atoms with van der Waals surface area (Å²) in [6, 6.07) is -0.00493. The summed E-state index contributed by atoms with van der Waals surface area (Å²) >= 11 is 0. The van der Waals surface area contributed by atoms with E-state index in [0.29, 0.717) is 18.4 Å². The van der Waals surface area contributed by atoms with E-state index < -0.39 is 0 Å². The van der Waals surface area contributed by atoms with Gasteiger partial charge in [0.25, 0.3) is 0 Å². The molecule has 1 aliphatic carbocycles. The number of carbonyl (C=O) groups excluding carboxylic acids is 1. The Hall–Kier alpha value is -1.59. The van der Waals surface area contributed by atoms with E-state index >= 15 is 0 Å². The number of hydrogen-bond acceptors (Lipinski definition) is 4. The average Bonchev–Trinajstić information content (AvgIpc) is 3.09. The molecule has 2 heterocycles. The van der Waals surface area contributed by atoms with Gasteiger partial charge in [-0.05, 0) is 24.7 Å². The zero-order chi connectivity index (χ0) is 15.0. The molecule has 1 saturated carbocycles. The Kier molecular flexibility index (Phi) is 3.63. The molecular weight excluding hydrogens is 268 g/mol. The average molecular weight is 292 g/mol. The predicted molar refractivity (Wildman–Crippen MR) is 77.9 cm³/mol. The zero-order valence-corrected chi connectivity index (χ0v) is 13.1. The minimum Gasteiger partial charge on any atom is -0.341 e. The van der Waals surface area contributed by atoms with Gasteiger partial charge in [0.15, 0.2) is 5.82 Å². The summed E-state index contributed by atoms with van der Waals surface area (Å²) in [5, 5.41) is 6.98. The number of nitrogens with one attached hydrogen (secondary N) is 1. The second-order valence-electron chi connectivity index (χ2n) is 6.79. The van der Waals surface area contributed by atoms with Gasteiger partial charge < -0.3 is 14.7 Å². The number of rotatable bonds is 3. The van der Waals surface area contributed by atoms with Gasteiger partial charge in [0.05, 0.1) is 5.41 Å². The quantitative estimate of drug-likeness (QED) is 0.924. The topological polar surface area (TPSA) is 71.3 Å². The van der Waals surface area contributed by atoms with E-state index in [1.54, 1.807) is 7.05 Å². The summed E-state index contributed by atoms with van der Waals surface area (Å²) in [6.45, 7) is 5.79. The van der Waals surface area contributed by atoms with Crippen molar-refractivity contribution in [1.29, 1.82) is 0 Å². The molecule has 21 heavy (non-hydrogen) atoms. The summed E-state index contributed by atoms with van der Waals surface area (Å²) < 4.78 is 5.43. The Morgan fingerprint density at radius 2 is 2.38 bits per heavy atom. The number of aromatic nitrogens is 2. The molecule has 0 unspecified atom stereocenters. The van der Waals surface area contributed by atoms with E-state index in [0.717, 1.165) is 37.5 Å². The first kappa shape index (κ1) is 14.4. The lowest BCUT2D eigenvalue weighted by atomic mass is 9.80. The molecular formula is C15H24N4O2. The van der Waals surface area contributed by atoms with Crippen molar-refractivity contribution in [2.24, 2.45) is 11.8 Å². The van der Waals surface area contributed by atoms with Crippen LogP contribution < -0.4 is 5.32 Å². The van der Waals surface area contributed by atoms with Crippen LogP contribution in [-0.4, -0.2) is 41.2 Å². The highest BCUT2D eigenvalue weighted by molar-refractivity contribution is 5.74. The van der Waals surface area contributed by atoms with Crippen LogP contribution in [-0.2, 0) is 11.8 Å². The van der Waals surface area contributed by atoms with Crippen LogP contribution in [0, 0.1) is 11.8 Å². The fourth-order valence-corrected chi connectivity index (χ4v) is 3.86. The summed E-state index contributed by atoms with van der Waals surface area (Å²) in [7, 11) is 1.68. The van der Waals surface area contributed by atoms with Crippen molar-refractivity contribution < 1.29 is 9.32 Å². The SMILES string of the molecule is CNC(=O)N1C[C@H]2CCC[C@@]2(c2noc(CC(C)C)n2)C1. The molecule has 3 rings (SSSR count). The first-order valence-electron chi connectivity index (χ1n) is 7.85. The molecule has 0 spiro atoms. The maximum absolute atomic E-state index is 11.9. The fourth-order valence-electron chi connectivity index (χ4n) is 3.86. The standard InChI is InChI=1S/C15H24N4O2/c1-10(2)7-12-17-13(18-21-12)15-6-4-5-11(15)8-19(9-15)14(20)16-3/h10-11H,4-9H2,1-3H3,(H,16,20)/t11-,15-/m1/s1. The molecule has 0 radical (unpaired) electrons. The summed E-state index contributed by atoms with van der Waals surface area (Å²) in [5.74, 6) is 2.49. The van der Waals surface area contributed by atoms with Crippen molar-refractivity contribution in [1.82, 2.24) is 20.4 Å². The summed E-state index contributed by atoms with van der Waals surface area (Å²) in [4.78, 5) is 18.5. The molecule has 1 aromatic heterocycles. The van der Waals surface area contributed by atoms with Gasteiger partial charge >= 0.3 is 6.03 Å². The Bertz CT molecular complexity index is 527. The van der Waals surface area contributed by atoms with E-state index in [9.17, 15) is 4.79 Å². The minimum atomic E-state index is -0.0920. The van der Waals surface area contributed by atoms with E-state index in [2.05, 4.69) is 29.3 Å². The largest absolute Gasteiger partial charge is 0.341 e. The molecule has 6 heteroatoms. The van der Waals surface area contributed by atoms with Crippen LogP contribution in [0.5, 0.6) is 0 Å². The van der Waals surface area contributed by atoms with Crippen molar-refractivity contribution >= 4 is 6.03 Å². The molecule has 0 aromatic carbocycles. The van der Waals surface area contributed by atoms with Crippen LogP contribution in [0.4, 0.5) is 4.79 Å². The maximum atomic E-state index is 11.9. The molecule has 1 aromatic rings. The predicted octanol–water partition coefficient (Wildman–Crippen LogP) is 1.96. The molecule has 1 saturated heterocycles. The maximum Gasteiger partial charge on any atom is 0.317 e. The van der Waals surface area contributed by atoms with Crippen LogP contribution in [0.15, 0.2) is 4.52 Å². The molecule has 0 bridgehead atoms. The third-order valence-corrected chi connectivity index (χ3v) is 4.87. The van der Waals surface area contributed by atoms with E-state index in [4.69, 9.17) is 4.52 Å². The number of nitrogens with zero attached hydrogens (tertiary/aromatic N) is 3. The van der Waals surface area contributed by atoms with Gasteiger partial charge in [-0.2, -0.15) is 4.98 Å². The molecule has 2 atom stereocenters. The van der Waals surface area contributed by atoms with E-state index in [-0.39, 0.29) is 11.4 Å². The normalized spacial score (nSPS) is 28.2. The molecule has 6 nitrogen and oxygen atoms in total. The van der Waals surface area contributed by atoms with Crippen molar-refractivity contribution in [2.45, 2.75) is 44.9 Å². The van der Waals surface area contributed by atoms with E-state index in [1.165, 1.54) is 6.42 Å². The van der Waals surface area contributed by atoms with Gasteiger partial charge in [0.2, 0.25) is 5.89 Å². The highest BCUT2D eigenvalue weighted by Gasteiger charge is 2.54. The second kappa shape index (κ2) is 5.31. The molecule has 1 N–H and O–H groups in total. The highest BCUT2D eigenvalue weighted by Crippen LogP contribution is 2.49. The Balaban J connectivity index is 1.84. The summed E-state index contributed by atoms with van der Waals surface area (Å²) in [6.07, 6.45) is 4.18. The second-order valence-corrected chi connectivity index (χ2v) is 6.79. The molecule has 2 fully saturated rings. The number of likely N-dealkylation sites (tertiary alicyclic amines) is 1. The number of hydrogen-bond donors (Lipinski definition) is 1. The third-order valence-electron chi connectivity index (χ3n) is 4.87. The lowest BCUT2D eigenvalue weighted by Crippen LogP contribution is -2.39. The molecule has 1 aliphatic heterocycles. The van der Waals surface area contributed by atoms with Crippen LogP contribution in [0.2, 0.25) is 0 Å². The number of fused-ring (bicyclic) bond motifs is 1. The van der Waals surface area contributed by atoms with Gasteiger partial charge in [-0.25, -0.2) is 4.79 Å². The minimum absolute atomic E-state index is 0.00493. The Labute approximate surface area is 125 Å². The van der Waals surface area contributed by atoms with Crippen LogP contribution >= 0.6 is 0 Å². The number of urea groups is 1. The van der Waals surface area contributed by atoms with Crippen molar-refractivity contribution in [3.63, 3.8) is 0 Å². The number of carbonyl (C=O) groups is 1. The monoisotopic (exact) mass is 292 g/mol. The lowest BCUT2D eigenvalue weighted by molar-refractivity contribution is 0.205. The van der Waals surface area contributed by atoms with Crippen molar-refractivity contribution in [3.05, 3.63) is 11.7 Å². The van der Waals surface area contributed by atoms with Gasteiger partial charge in [0, 0.05) is 26.6 Å². The van der Waals surface area contributed by atoms with Crippen LogP contribution in [0.25, 0.3) is 0 Å². The highest BCUT2D eigenvalue weighted by atomic mass is 16.5. The van der Waals surface area contributed by atoms with Gasteiger partial charge in [-0.3, -0.25) is 0 Å². The smallest absolute Gasteiger partial charge is 0.317 e. The molecule has 2 aliphatic rings. The van der Waals surface area contributed by atoms with Crippen molar-refractivity contribution in [3.8, 4) is 0 Å². The van der Waals surface area contributed by atoms with Crippen LogP contribution in [0.1, 0.15) is 44.8 Å². The lowest BCUT2D eigenvalue weighted by Gasteiger charge is -2.24. The Morgan fingerprint density at radius 1 is 1.57 bits per heavy atom. The van der Waals surface area contributed by atoms with Gasteiger partial charge in [0.1, 0.15) is 0 Å². The fraction of sp³-hybridized carbons (Fsp3) is 0.800. The Morgan fingerprint density at radius 3 is 3.10 bits per heavy atom. The zero-order valence-electron chi connectivity index (χ0n) is 13.1. The first-order valence-corrected chi connectivity index (χ1v) is 7.85. The molecule has 116 valence electrons. The third kappa shape index (κ3) is 2.40. The molecule has 2 amide bonds. The van der Waals surface area contributed by atoms with Gasteiger partial charge in [-0.1, -0.05) is 25.4 Å². The van der Waals surface area contributed by atoms with Crippen LogP contribution in [0.3, 0.4) is 0 Å². The summed E-state index contributed by atoms with van der Waals surface area (Å²) in [5.41, 5.74) is -0.0920. The number of amides is 2. The van der Waals surface area contributed by atoms with Crippen molar-refractivity contribution in [2.75, 3.05) is 20.1 Å². The van der Waals surface area contributed by atoms with E-state index in [1.807, 2.05) is 4.90 Å².